The Hall–Kier alpha value is -2.21. The molecule has 1 aromatic heterocycles. The van der Waals surface area contributed by atoms with Crippen LogP contribution in [-0.2, 0) is 24.8 Å². The Morgan fingerprint density at radius 2 is 2.05 bits per heavy atom. The lowest BCUT2D eigenvalue weighted by molar-refractivity contribution is -0.120. The Morgan fingerprint density at radius 1 is 1.35 bits per heavy atom. The molecular formula is C14H16N4OS. The Balaban J connectivity index is 1.86. The number of aromatic nitrogens is 2. The number of nitrogens with zero attached hydrogens (tertiary/aromatic N) is 2. The maximum atomic E-state index is 11.8. The van der Waals surface area contributed by atoms with Crippen molar-refractivity contribution < 1.29 is 4.79 Å². The number of carbonyl (C=O) groups excluding carboxylic acids is 1. The van der Waals surface area contributed by atoms with Crippen LogP contribution >= 0.6 is 12.2 Å². The molecule has 1 aromatic carbocycles. The Labute approximate surface area is 122 Å². The fraction of sp³-hybridized carbons (Fsp3) is 0.214. The van der Waals surface area contributed by atoms with Crippen LogP contribution < -0.4 is 11.1 Å². The van der Waals surface area contributed by atoms with Gasteiger partial charge in [0.1, 0.15) is 4.99 Å². The number of thiocarbonyl (C=S) groups is 1. The number of hydrogen-bond donors (Lipinski definition) is 2. The summed E-state index contributed by atoms with van der Waals surface area (Å²) in [5, 5.41) is 7.03. The molecule has 0 fully saturated rings. The number of benzene rings is 1. The van der Waals surface area contributed by atoms with Crippen molar-refractivity contribution in [1.29, 1.82) is 0 Å². The van der Waals surface area contributed by atoms with Crippen molar-refractivity contribution in [1.82, 2.24) is 15.1 Å². The molecule has 0 aliphatic heterocycles. The zero-order valence-electron chi connectivity index (χ0n) is 11.2. The van der Waals surface area contributed by atoms with Crippen molar-refractivity contribution in [2.24, 2.45) is 12.8 Å². The smallest absolute Gasteiger partial charge is 0.224 e. The van der Waals surface area contributed by atoms with Crippen molar-refractivity contribution in [2.45, 2.75) is 13.0 Å². The third-order valence-corrected chi connectivity index (χ3v) is 3.07. The minimum atomic E-state index is -0.0428. The summed E-state index contributed by atoms with van der Waals surface area (Å²) in [6.07, 6.45) is 2.17. The molecule has 2 aromatic rings. The SMILES string of the molecule is Cn1ccc(CNC(=O)Cc2ccc(C(N)=S)cc2)n1. The third kappa shape index (κ3) is 3.89. The summed E-state index contributed by atoms with van der Waals surface area (Å²) >= 11 is 4.88. The number of amides is 1. The summed E-state index contributed by atoms with van der Waals surface area (Å²) in [5.41, 5.74) is 8.08. The van der Waals surface area contributed by atoms with Gasteiger partial charge in [0, 0.05) is 18.8 Å². The molecule has 2 rings (SSSR count). The van der Waals surface area contributed by atoms with E-state index in [1.54, 1.807) is 4.68 Å². The molecule has 1 heterocycles. The van der Waals surface area contributed by atoms with Crippen LogP contribution in [0.25, 0.3) is 0 Å². The van der Waals surface area contributed by atoms with Crippen LogP contribution in [0.5, 0.6) is 0 Å². The predicted molar refractivity (Wildman–Crippen MR) is 81.1 cm³/mol. The monoisotopic (exact) mass is 288 g/mol. The molecule has 6 heteroatoms. The third-order valence-electron chi connectivity index (χ3n) is 2.84. The quantitative estimate of drug-likeness (QED) is 0.802. The molecule has 0 unspecified atom stereocenters. The molecule has 0 radical (unpaired) electrons. The first-order chi connectivity index (χ1) is 9.54. The molecule has 0 atom stereocenters. The van der Waals surface area contributed by atoms with E-state index in [0.717, 1.165) is 16.8 Å². The number of hydrogen-bond acceptors (Lipinski definition) is 3. The number of aryl methyl sites for hydroxylation is 1. The summed E-state index contributed by atoms with van der Waals surface area (Å²) in [7, 11) is 1.84. The molecule has 20 heavy (non-hydrogen) atoms. The second-order valence-electron chi connectivity index (χ2n) is 4.50. The standard InChI is InChI=1S/C14H16N4OS/c1-18-7-6-12(17-18)9-16-13(19)8-10-2-4-11(5-3-10)14(15)20/h2-7H,8-9H2,1H3,(H2,15,20)(H,16,19). The van der Waals surface area contributed by atoms with E-state index in [2.05, 4.69) is 10.4 Å². The van der Waals surface area contributed by atoms with Gasteiger partial charge in [0.15, 0.2) is 0 Å². The van der Waals surface area contributed by atoms with Gasteiger partial charge < -0.3 is 11.1 Å². The second-order valence-corrected chi connectivity index (χ2v) is 4.94. The summed E-state index contributed by atoms with van der Waals surface area (Å²) in [6, 6.07) is 9.23. The molecule has 0 saturated carbocycles. The molecule has 104 valence electrons. The highest BCUT2D eigenvalue weighted by Crippen LogP contribution is 2.05. The summed E-state index contributed by atoms with van der Waals surface area (Å²) in [6.45, 7) is 0.435. The zero-order valence-corrected chi connectivity index (χ0v) is 12.0. The number of carbonyl (C=O) groups is 1. The van der Waals surface area contributed by atoms with E-state index in [4.69, 9.17) is 18.0 Å². The van der Waals surface area contributed by atoms with E-state index >= 15 is 0 Å². The molecule has 0 bridgehead atoms. The fourth-order valence-electron chi connectivity index (χ4n) is 1.78. The van der Waals surface area contributed by atoms with Gasteiger partial charge in [-0.1, -0.05) is 36.5 Å². The highest BCUT2D eigenvalue weighted by molar-refractivity contribution is 7.80. The van der Waals surface area contributed by atoms with Crippen LogP contribution in [0.3, 0.4) is 0 Å². The molecule has 5 nitrogen and oxygen atoms in total. The maximum absolute atomic E-state index is 11.8. The van der Waals surface area contributed by atoms with Crippen LogP contribution in [0.4, 0.5) is 0 Å². The van der Waals surface area contributed by atoms with Gasteiger partial charge in [-0.05, 0) is 11.6 Å². The average molecular weight is 288 g/mol. The van der Waals surface area contributed by atoms with Crippen LogP contribution in [0, 0.1) is 0 Å². The summed E-state index contributed by atoms with van der Waals surface area (Å²) in [4.78, 5) is 12.2. The molecule has 1 amide bonds. The lowest BCUT2D eigenvalue weighted by Gasteiger charge is -2.04. The largest absolute Gasteiger partial charge is 0.389 e. The lowest BCUT2D eigenvalue weighted by atomic mass is 10.1. The number of nitrogens with one attached hydrogen (secondary N) is 1. The van der Waals surface area contributed by atoms with Gasteiger partial charge in [-0.3, -0.25) is 9.48 Å². The first kappa shape index (κ1) is 14.2. The van der Waals surface area contributed by atoms with Crippen molar-refractivity contribution in [3.63, 3.8) is 0 Å². The molecule has 0 aliphatic carbocycles. The van der Waals surface area contributed by atoms with Gasteiger partial charge in [-0.2, -0.15) is 5.10 Å². The van der Waals surface area contributed by atoms with Gasteiger partial charge in [0.05, 0.1) is 18.7 Å². The Morgan fingerprint density at radius 3 is 2.60 bits per heavy atom. The minimum Gasteiger partial charge on any atom is -0.389 e. The van der Waals surface area contributed by atoms with E-state index in [1.165, 1.54) is 0 Å². The van der Waals surface area contributed by atoms with Crippen LogP contribution in [-0.4, -0.2) is 20.7 Å². The lowest BCUT2D eigenvalue weighted by Crippen LogP contribution is -2.24. The molecule has 0 spiro atoms. The molecule has 0 aliphatic rings. The van der Waals surface area contributed by atoms with Crippen LogP contribution in [0.15, 0.2) is 36.5 Å². The predicted octanol–water partition coefficient (Wildman–Crippen LogP) is 0.913. The zero-order chi connectivity index (χ0) is 14.5. The van der Waals surface area contributed by atoms with E-state index in [9.17, 15) is 4.79 Å². The van der Waals surface area contributed by atoms with Crippen molar-refractivity contribution >= 4 is 23.1 Å². The Bertz CT molecular complexity index is 618. The highest BCUT2D eigenvalue weighted by atomic mass is 32.1. The number of nitrogens with two attached hydrogens (primary N) is 1. The Kier molecular flexibility index (Phi) is 4.47. The first-order valence-electron chi connectivity index (χ1n) is 6.18. The topological polar surface area (TPSA) is 72.9 Å². The molecular weight excluding hydrogens is 272 g/mol. The van der Waals surface area contributed by atoms with Gasteiger partial charge in [-0.15, -0.1) is 0 Å². The molecule has 3 N–H and O–H groups in total. The first-order valence-corrected chi connectivity index (χ1v) is 6.59. The van der Waals surface area contributed by atoms with E-state index in [-0.39, 0.29) is 5.91 Å². The minimum absolute atomic E-state index is 0.0428. The fourth-order valence-corrected chi connectivity index (χ4v) is 1.92. The molecule has 0 saturated heterocycles. The van der Waals surface area contributed by atoms with Gasteiger partial charge >= 0.3 is 0 Å². The van der Waals surface area contributed by atoms with E-state index < -0.39 is 0 Å². The average Bonchev–Trinajstić information content (AvgIpc) is 2.83. The van der Waals surface area contributed by atoms with E-state index in [0.29, 0.717) is 18.0 Å². The highest BCUT2D eigenvalue weighted by Gasteiger charge is 2.05. The van der Waals surface area contributed by atoms with Gasteiger partial charge in [-0.25, -0.2) is 0 Å². The van der Waals surface area contributed by atoms with Crippen molar-refractivity contribution in [3.05, 3.63) is 53.3 Å². The summed E-state index contributed by atoms with van der Waals surface area (Å²) in [5.74, 6) is -0.0428. The number of rotatable bonds is 5. The summed E-state index contributed by atoms with van der Waals surface area (Å²) < 4.78 is 1.70. The van der Waals surface area contributed by atoms with Crippen molar-refractivity contribution in [2.75, 3.05) is 0 Å². The van der Waals surface area contributed by atoms with Gasteiger partial charge in [0.2, 0.25) is 5.91 Å². The maximum Gasteiger partial charge on any atom is 0.224 e. The second kappa shape index (κ2) is 6.29. The van der Waals surface area contributed by atoms with Gasteiger partial charge in [0.25, 0.3) is 0 Å². The van der Waals surface area contributed by atoms with Crippen LogP contribution in [0.2, 0.25) is 0 Å². The normalized spacial score (nSPS) is 10.2. The van der Waals surface area contributed by atoms with E-state index in [1.807, 2.05) is 43.6 Å². The van der Waals surface area contributed by atoms with Crippen molar-refractivity contribution in [3.8, 4) is 0 Å². The van der Waals surface area contributed by atoms with Crippen LogP contribution in [0.1, 0.15) is 16.8 Å².